The molecule has 170 valence electrons. The second kappa shape index (κ2) is 8.93. The van der Waals surface area contributed by atoms with Crippen LogP contribution in [0, 0.1) is 0 Å². The quantitative estimate of drug-likeness (QED) is 0.448. The lowest BCUT2D eigenvalue weighted by Gasteiger charge is -2.19. The van der Waals surface area contributed by atoms with Gasteiger partial charge in [0.25, 0.3) is 0 Å². The number of hydrogen-bond acceptors (Lipinski definition) is 6. The lowest BCUT2D eigenvalue weighted by Crippen LogP contribution is -2.42. The Morgan fingerprint density at radius 3 is 1.97 bits per heavy atom. The molecule has 9 nitrogen and oxygen atoms in total. The molecule has 0 unspecified atom stereocenters. The van der Waals surface area contributed by atoms with Crippen molar-refractivity contribution in [2.75, 3.05) is 0 Å². The van der Waals surface area contributed by atoms with E-state index < -0.39 is 34.6 Å². The minimum atomic E-state index is -4.66. The zero-order valence-electron chi connectivity index (χ0n) is 17.0. The van der Waals surface area contributed by atoms with Crippen LogP contribution in [-0.4, -0.2) is 36.2 Å². The fourth-order valence-electron chi connectivity index (χ4n) is 3.76. The summed E-state index contributed by atoms with van der Waals surface area (Å²) in [7, 11) is -4.66. The first-order valence-electron chi connectivity index (χ1n) is 9.85. The van der Waals surface area contributed by atoms with E-state index in [1.54, 1.807) is 0 Å². The first-order chi connectivity index (χ1) is 15.7. The average molecular weight is 469 g/mol. The number of carbonyl (C=O) groups excluding carboxylic acids is 1. The Kier molecular flexibility index (Phi) is 6.03. The second-order valence-corrected chi connectivity index (χ2v) is 8.38. The number of hydrogen-bond donors (Lipinski definition) is 3. The number of aliphatic carboxylic acids is 1. The predicted octanol–water partition coefficient (Wildman–Crippen LogP) is 3.36. The van der Waals surface area contributed by atoms with Crippen molar-refractivity contribution >= 4 is 22.5 Å². The number of carboxylic acid groups (broad SMARTS) is 1. The Morgan fingerprint density at radius 1 is 0.909 bits per heavy atom. The summed E-state index contributed by atoms with van der Waals surface area (Å²) in [6.45, 7) is 0. The summed E-state index contributed by atoms with van der Waals surface area (Å²) in [4.78, 5) is 24.3. The highest BCUT2D eigenvalue weighted by atomic mass is 32.3. The highest BCUT2D eigenvalue weighted by molar-refractivity contribution is 7.81. The van der Waals surface area contributed by atoms with E-state index in [0.29, 0.717) is 5.56 Å². The molecule has 4 rings (SSSR count). The highest BCUT2D eigenvalue weighted by Gasteiger charge is 2.32. The van der Waals surface area contributed by atoms with E-state index in [2.05, 4.69) is 9.50 Å². The molecule has 3 N–H and O–H groups in total. The van der Waals surface area contributed by atoms with E-state index in [0.717, 1.165) is 22.3 Å². The van der Waals surface area contributed by atoms with E-state index >= 15 is 0 Å². The van der Waals surface area contributed by atoms with Crippen LogP contribution in [0.1, 0.15) is 22.8 Å². The number of nitrogens with one attached hydrogen (secondary N) is 1. The van der Waals surface area contributed by atoms with Crippen LogP contribution in [0.5, 0.6) is 5.75 Å². The SMILES string of the molecule is O=C(N[C@@H](Cc1ccc(OS(=O)(=O)O)cc1)C(=O)O)OC1c2ccccc2-c2ccccc21. The minimum Gasteiger partial charge on any atom is -0.480 e. The van der Waals surface area contributed by atoms with Crippen molar-refractivity contribution in [1.82, 2.24) is 5.32 Å². The fraction of sp³-hybridized carbons (Fsp3) is 0.130. The minimum absolute atomic E-state index is 0.0889. The molecule has 1 aliphatic rings. The van der Waals surface area contributed by atoms with E-state index in [1.165, 1.54) is 24.3 Å². The first-order valence-corrected chi connectivity index (χ1v) is 11.2. The van der Waals surface area contributed by atoms with Crippen LogP contribution in [0.2, 0.25) is 0 Å². The molecule has 0 heterocycles. The van der Waals surface area contributed by atoms with Gasteiger partial charge in [0.05, 0.1) is 0 Å². The summed E-state index contributed by atoms with van der Waals surface area (Å²) in [5, 5.41) is 11.9. The molecule has 0 aromatic heterocycles. The molecule has 1 amide bonds. The third-order valence-corrected chi connectivity index (χ3v) is 5.56. The lowest BCUT2D eigenvalue weighted by atomic mass is 10.1. The predicted molar refractivity (Wildman–Crippen MR) is 117 cm³/mol. The summed E-state index contributed by atoms with van der Waals surface area (Å²) in [5.41, 5.74) is 4.02. The zero-order chi connectivity index (χ0) is 23.6. The molecule has 10 heteroatoms. The molecule has 0 aliphatic heterocycles. The second-order valence-electron chi connectivity index (χ2n) is 7.35. The summed E-state index contributed by atoms with van der Waals surface area (Å²) in [5.74, 6) is -1.41. The average Bonchev–Trinajstić information content (AvgIpc) is 3.07. The first kappa shape index (κ1) is 22.3. The fourth-order valence-corrected chi connectivity index (χ4v) is 4.11. The van der Waals surface area contributed by atoms with Gasteiger partial charge in [-0.15, -0.1) is 0 Å². The standard InChI is InChI=1S/C23H19NO8S/c25-22(26)20(13-14-9-11-15(12-10-14)32-33(28,29)30)24-23(27)31-21-18-7-3-1-5-16(18)17-6-2-4-8-19(17)21/h1-12,20-21H,13H2,(H,24,27)(H,25,26)(H,28,29,30)/t20-/m0/s1. The van der Waals surface area contributed by atoms with Crippen molar-refractivity contribution in [2.45, 2.75) is 18.6 Å². The zero-order valence-corrected chi connectivity index (χ0v) is 17.9. The Labute approximate surface area is 189 Å². The smallest absolute Gasteiger partial charge is 0.446 e. The van der Waals surface area contributed by atoms with Crippen molar-refractivity contribution in [2.24, 2.45) is 0 Å². The van der Waals surface area contributed by atoms with Crippen molar-refractivity contribution < 1.29 is 36.6 Å². The van der Waals surface area contributed by atoms with Crippen LogP contribution in [0.3, 0.4) is 0 Å². The largest absolute Gasteiger partial charge is 0.480 e. The molecule has 1 atom stereocenters. The number of rotatable bonds is 7. The molecule has 0 spiro atoms. The van der Waals surface area contributed by atoms with Gasteiger partial charge in [-0.05, 0) is 28.8 Å². The van der Waals surface area contributed by atoms with Crippen molar-refractivity contribution in [1.29, 1.82) is 0 Å². The molecular formula is C23H19NO8S. The molecule has 0 fully saturated rings. The van der Waals surface area contributed by atoms with E-state index in [4.69, 9.17) is 9.29 Å². The van der Waals surface area contributed by atoms with E-state index in [-0.39, 0.29) is 12.2 Å². The summed E-state index contributed by atoms with van der Waals surface area (Å²) in [6, 6.07) is 19.1. The van der Waals surface area contributed by atoms with Gasteiger partial charge in [0.2, 0.25) is 0 Å². The number of carbonyl (C=O) groups is 2. The van der Waals surface area contributed by atoms with Gasteiger partial charge in [0.15, 0.2) is 6.10 Å². The van der Waals surface area contributed by atoms with Gasteiger partial charge in [-0.1, -0.05) is 60.7 Å². The van der Waals surface area contributed by atoms with E-state index in [1.807, 2.05) is 48.5 Å². The van der Waals surface area contributed by atoms with Gasteiger partial charge in [0, 0.05) is 17.5 Å². The van der Waals surface area contributed by atoms with Crippen molar-refractivity contribution in [3.63, 3.8) is 0 Å². The van der Waals surface area contributed by atoms with Crippen molar-refractivity contribution in [3.8, 4) is 16.9 Å². The van der Waals surface area contributed by atoms with Gasteiger partial charge in [-0.3, -0.25) is 4.55 Å². The van der Waals surface area contributed by atoms with Gasteiger partial charge < -0.3 is 19.3 Å². The molecule has 0 bridgehead atoms. The third-order valence-electron chi connectivity index (χ3n) is 5.16. The summed E-state index contributed by atoms with van der Waals surface area (Å²) in [6.07, 6.45) is -1.64. The highest BCUT2D eigenvalue weighted by Crippen LogP contribution is 2.45. The molecular weight excluding hydrogens is 450 g/mol. The third kappa shape index (κ3) is 5.13. The summed E-state index contributed by atoms with van der Waals surface area (Å²) >= 11 is 0. The Balaban J connectivity index is 1.46. The topological polar surface area (TPSA) is 139 Å². The molecule has 33 heavy (non-hydrogen) atoms. The number of ether oxygens (including phenoxy) is 1. The van der Waals surface area contributed by atoms with Crippen LogP contribution in [0.15, 0.2) is 72.8 Å². The van der Waals surface area contributed by atoms with Crippen LogP contribution >= 0.6 is 0 Å². The van der Waals surface area contributed by atoms with Crippen LogP contribution < -0.4 is 9.50 Å². The molecule has 1 aliphatic carbocycles. The lowest BCUT2D eigenvalue weighted by molar-refractivity contribution is -0.139. The van der Waals surface area contributed by atoms with Crippen LogP contribution in [0.25, 0.3) is 11.1 Å². The molecule has 3 aromatic rings. The van der Waals surface area contributed by atoms with E-state index in [9.17, 15) is 23.1 Å². The van der Waals surface area contributed by atoms with Crippen LogP contribution in [0.4, 0.5) is 4.79 Å². The maximum atomic E-state index is 12.6. The van der Waals surface area contributed by atoms with Crippen LogP contribution in [-0.2, 0) is 26.4 Å². The van der Waals surface area contributed by atoms with Gasteiger partial charge in [-0.25, -0.2) is 9.59 Å². The molecule has 3 aromatic carbocycles. The number of fused-ring (bicyclic) bond motifs is 3. The number of benzene rings is 3. The maximum Gasteiger partial charge on any atom is 0.446 e. The van der Waals surface area contributed by atoms with Gasteiger partial charge in [0.1, 0.15) is 11.8 Å². The maximum absolute atomic E-state index is 12.6. The van der Waals surface area contributed by atoms with Gasteiger partial charge >= 0.3 is 22.5 Å². The Hall–Kier alpha value is -3.89. The van der Waals surface area contributed by atoms with Gasteiger partial charge in [-0.2, -0.15) is 8.42 Å². The van der Waals surface area contributed by atoms with Crippen molar-refractivity contribution in [3.05, 3.63) is 89.5 Å². The molecule has 0 saturated heterocycles. The molecule has 0 saturated carbocycles. The number of alkyl carbamates (subject to hydrolysis) is 1. The summed E-state index contributed by atoms with van der Waals surface area (Å²) < 4.78 is 40.2. The monoisotopic (exact) mass is 469 g/mol. The Morgan fingerprint density at radius 2 is 1.45 bits per heavy atom. The normalized spacial score (nSPS) is 13.5. The molecule has 0 radical (unpaired) electrons. The number of carboxylic acids is 1. The number of amides is 1. The Bertz CT molecular complexity index is 1260.